The van der Waals surface area contributed by atoms with Crippen LogP contribution in [-0.4, -0.2) is 34.0 Å². The Morgan fingerprint density at radius 3 is 2.73 bits per heavy atom. The molecule has 0 radical (unpaired) electrons. The summed E-state index contributed by atoms with van der Waals surface area (Å²) in [5.74, 6) is -3.06. The lowest BCUT2D eigenvalue weighted by Crippen LogP contribution is -2.35. The third-order valence-electron chi connectivity index (χ3n) is 2.27. The summed E-state index contributed by atoms with van der Waals surface area (Å²) >= 11 is 0. The summed E-state index contributed by atoms with van der Waals surface area (Å²) in [7, 11) is 1.79. The van der Waals surface area contributed by atoms with Gasteiger partial charge in [0, 0.05) is 24.8 Å². The molecule has 15 heavy (non-hydrogen) atoms. The van der Waals surface area contributed by atoms with Gasteiger partial charge in [-0.2, -0.15) is 5.10 Å². The fourth-order valence-electron chi connectivity index (χ4n) is 1.15. The zero-order valence-electron chi connectivity index (χ0n) is 8.80. The molecule has 0 fully saturated rings. The fraction of sp³-hybridized carbons (Fsp3) is 0.667. The summed E-state index contributed by atoms with van der Waals surface area (Å²) in [6.07, 6.45) is 1.64. The summed E-state index contributed by atoms with van der Waals surface area (Å²) in [4.78, 5) is 0. The first-order valence-corrected chi connectivity index (χ1v) is 4.63. The zero-order valence-corrected chi connectivity index (χ0v) is 8.80. The van der Waals surface area contributed by atoms with Gasteiger partial charge in [0.1, 0.15) is 6.61 Å². The molecule has 1 rings (SSSR count). The molecule has 0 aliphatic rings. The lowest BCUT2D eigenvalue weighted by Gasteiger charge is -2.13. The van der Waals surface area contributed by atoms with Crippen LogP contribution in [0.3, 0.4) is 0 Å². The normalized spacial score (nSPS) is 12.1. The zero-order chi connectivity index (χ0) is 11.5. The molecule has 1 aromatic rings. The molecule has 6 heteroatoms. The topological polar surface area (TPSA) is 50.1 Å². The number of aryl methyl sites for hydroxylation is 1. The van der Waals surface area contributed by atoms with Crippen molar-refractivity contribution in [2.45, 2.75) is 19.4 Å². The lowest BCUT2D eigenvalue weighted by molar-refractivity contribution is -0.0477. The second-order valence-electron chi connectivity index (χ2n) is 3.50. The molecular weight excluding hydrogens is 204 g/mol. The minimum absolute atomic E-state index is 0.329. The fourth-order valence-corrected chi connectivity index (χ4v) is 1.15. The smallest absolute Gasteiger partial charge is 0.282 e. The van der Waals surface area contributed by atoms with E-state index in [4.69, 9.17) is 5.11 Å². The molecule has 0 amide bonds. The van der Waals surface area contributed by atoms with Crippen molar-refractivity contribution in [3.05, 3.63) is 17.5 Å². The van der Waals surface area contributed by atoms with Crippen molar-refractivity contribution in [3.63, 3.8) is 0 Å². The number of rotatable bonds is 5. The van der Waals surface area contributed by atoms with Gasteiger partial charge < -0.3 is 10.4 Å². The first-order chi connectivity index (χ1) is 6.96. The van der Waals surface area contributed by atoms with Crippen LogP contribution in [0.25, 0.3) is 0 Å². The quantitative estimate of drug-likeness (QED) is 0.755. The van der Waals surface area contributed by atoms with Gasteiger partial charge >= 0.3 is 0 Å². The second-order valence-corrected chi connectivity index (χ2v) is 3.50. The van der Waals surface area contributed by atoms with E-state index >= 15 is 0 Å². The van der Waals surface area contributed by atoms with E-state index in [1.165, 1.54) is 0 Å². The van der Waals surface area contributed by atoms with E-state index in [0.717, 1.165) is 11.3 Å². The predicted molar refractivity (Wildman–Crippen MR) is 51.7 cm³/mol. The predicted octanol–water partition coefficient (Wildman–Crippen LogP) is 0.446. The highest BCUT2D eigenvalue weighted by Crippen LogP contribution is 2.11. The van der Waals surface area contributed by atoms with Gasteiger partial charge in [0.2, 0.25) is 0 Å². The number of nitrogens with one attached hydrogen (secondary N) is 1. The van der Waals surface area contributed by atoms with Gasteiger partial charge in [-0.05, 0) is 6.92 Å². The average Bonchev–Trinajstić information content (AvgIpc) is 2.49. The van der Waals surface area contributed by atoms with Crippen LogP contribution in [0, 0.1) is 6.92 Å². The Balaban J connectivity index is 2.42. The maximum absolute atomic E-state index is 12.6. The van der Waals surface area contributed by atoms with Crippen LogP contribution < -0.4 is 5.32 Å². The van der Waals surface area contributed by atoms with Gasteiger partial charge in [0.25, 0.3) is 5.92 Å². The number of alkyl halides is 2. The summed E-state index contributed by atoms with van der Waals surface area (Å²) in [5.41, 5.74) is 1.82. The molecule has 0 unspecified atom stereocenters. The Labute approximate surface area is 86.9 Å². The average molecular weight is 219 g/mol. The van der Waals surface area contributed by atoms with E-state index < -0.39 is 19.1 Å². The number of hydrogen-bond acceptors (Lipinski definition) is 3. The number of aliphatic hydroxyl groups is 1. The molecule has 0 bridgehead atoms. The van der Waals surface area contributed by atoms with E-state index in [2.05, 4.69) is 10.4 Å². The molecule has 0 aliphatic carbocycles. The Hall–Kier alpha value is -1.01. The van der Waals surface area contributed by atoms with Crippen molar-refractivity contribution in [2.75, 3.05) is 13.2 Å². The maximum Gasteiger partial charge on any atom is 0.282 e. The maximum atomic E-state index is 12.6. The molecule has 4 nitrogen and oxygen atoms in total. The van der Waals surface area contributed by atoms with Gasteiger partial charge in [0.05, 0.1) is 12.7 Å². The van der Waals surface area contributed by atoms with Crippen LogP contribution in [-0.2, 0) is 13.6 Å². The number of halogens is 2. The molecule has 0 saturated carbocycles. The van der Waals surface area contributed by atoms with E-state index in [1.54, 1.807) is 17.9 Å². The summed E-state index contributed by atoms with van der Waals surface area (Å²) in [6, 6.07) is 0. The van der Waals surface area contributed by atoms with Gasteiger partial charge in [-0.1, -0.05) is 0 Å². The Bertz CT molecular complexity index is 325. The monoisotopic (exact) mass is 219 g/mol. The van der Waals surface area contributed by atoms with Crippen LogP contribution in [0.4, 0.5) is 8.78 Å². The molecule has 1 heterocycles. The lowest BCUT2D eigenvalue weighted by atomic mass is 10.2. The highest BCUT2D eigenvalue weighted by atomic mass is 19.3. The highest BCUT2D eigenvalue weighted by Gasteiger charge is 2.26. The van der Waals surface area contributed by atoms with Crippen molar-refractivity contribution in [1.82, 2.24) is 15.1 Å². The molecule has 0 saturated heterocycles. The first kappa shape index (κ1) is 12.1. The summed E-state index contributed by atoms with van der Waals surface area (Å²) in [6.45, 7) is 0.535. The van der Waals surface area contributed by atoms with Crippen molar-refractivity contribution in [2.24, 2.45) is 7.05 Å². The van der Waals surface area contributed by atoms with Crippen molar-refractivity contribution in [1.29, 1.82) is 0 Å². The minimum Gasteiger partial charge on any atom is -0.390 e. The SMILES string of the molecule is Cc1c(CNCC(F)(F)CO)cnn1C. The van der Waals surface area contributed by atoms with Crippen molar-refractivity contribution < 1.29 is 13.9 Å². The van der Waals surface area contributed by atoms with Crippen molar-refractivity contribution in [3.8, 4) is 0 Å². The molecule has 0 atom stereocenters. The molecule has 1 aromatic heterocycles. The number of aromatic nitrogens is 2. The first-order valence-electron chi connectivity index (χ1n) is 4.63. The van der Waals surface area contributed by atoms with Crippen molar-refractivity contribution >= 4 is 0 Å². The van der Waals surface area contributed by atoms with E-state index in [-0.39, 0.29) is 0 Å². The molecule has 0 aromatic carbocycles. The Morgan fingerprint density at radius 2 is 2.27 bits per heavy atom. The highest BCUT2D eigenvalue weighted by molar-refractivity contribution is 5.15. The van der Waals surface area contributed by atoms with Gasteiger partial charge in [-0.25, -0.2) is 8.78 Å². The standard InChI is InChI=1S/C9H15F2N3O/c1-7-8(4-13-14(7)2)3-12-5-9(10,11)6-15/h4,12,15H,3,5-6H2,1-2H3. The number of nitrogens with zero attached hydrogens (tertiary/aromatic N) is 2. The van der Waals surface area contributed by atoms with E-state index in [9.17, 15) is 8.78 Å². The third-order valence-corrected chi connectivity index (χ3v) is 2.27. The van der Waals surface area contributed by atoms with Crippen LogP contribution >= 0.6 is 0 Å². The summed E-state index contributed by atoms with van der Waals surface area (Å²) in [5, 5.41) is 14.9. The summed E-state index contributed by atoms with van der Waals surface area (Å²) < 4.78 is 26.9. The minimum atomic E-state index is -3.06. The van der Waals surface area contributed by atoms with Gasteiger partial charge in [-0.15, -0.1) is 0 Å². The molecule has 86 valence electrons. The van der Waals surface area contributed by atoms with Crippen LogP contribution in [0.5, 0.6) is 0 Å². The third kappa shape index (κ3) is 3.24. The second kappa shape index (κ2) is 4.67. The Kier molecular flexibility index (Phi) is 3.76. The van der Waals surface area contributed by atoms with Gasteiger partial charge in [0.15, 0.2) is 0 Å². The molecule has 0 aliphatic heterocycles. The van der Waals surface area contributed by atoms with E-state index in [1.807, 2.05) is 6.92 Å². The number of aliphatic hydroxyl groups excluding tert-OH is 1. The van der Waals surface area contributed by atoms with Crippen LogP contribution in [0.2, 0.25) is 0 Å². The van der Waals surface area contributed by atoms with E-state index in [0.29, 0.717) is 6.54 Å². The number of hydrogen-bond donors (Lipinski definition) is 2. The van der Waals surface area contributed by atoms with Gasteiger partial charge in [-0.3, -0.25) is 4.68 Å². The van der Waals surface area contributed by atoms with Crippen LogP contribution in [0.1, 0.15) is 11.3 Å². The molecule has 2 N–H and O–H groups in total. The Morgan fingerprint density at radius 1 is 1.60 bits per heavy atom. The van der Waals surface area contributed by atoms with Crippen LogP contribution in [0.15, 0.2) is 6.20 Å². The largest absolute Gasteiger partial charge is 0.390 e. The molecular formula is C9H15F2N3O. The molecule has 0 spiro atoms.